The second-order valence-corrected chi connectivity index (χ2v) is 7.87. The maximum absolute atomic E-state index is 11.4. The number of hydrogen-bond donors (Lipinski definition) is 0. The van der Waals surface area contributed by atoms with Gasteiger partial charge in [-0.05, 0) is 36.5 Å². The molecule has 140 valence electrons. The van der Waals surface area contributed by atoms with Crippen molar-refractivity contribution in [2.24, 2.45) is 23.2 Å². The zero-order valence-electron chi connectivity index (χ0n) is 15.8. The van der Waals surface area contributed by atoms with Gasteiger partial charge in [0.1, 0.15) is 0 Å². The number of carbonyl (C=O) groups is 1. The van der Waals surface area contributed by atoms with Gasteiger partial charge in [-0.25, -0.2) is 0 Å². The predicted molar refractivity (Wildman–Crippen MR) is 95.9 cm³/mol. The van der Waals surface area contributed by atoms with Gasteiger partial charge < -0.3 is 18.9 Å². The van der Waals surface area contributed by atoms with Gasteiger partial charge in [0.25, 0.3) is 0 Å². The summed E-state index contributed by atoms with van der Waals surface area (Å²) in [6.45, 7) is 9.36. The quantitative estimate of drug-likeness (QED) is 0.606. The maximum atomic E-state index is 11.4. The van der Waals surface area contributed by atoms with Crippen LogP contribution in [0.25, 0.3) is 0 Å². The van der Waals surface area contributed by atoms with Crippen molar-refractivity contribution >= 4 is 5.97 Å². The van der Waals surface area contributed by atoms with E-state index in [2.05, 4.69) is 32.9 Å². The summed E-state index contributed by atoms with van der Waals surface area (Å²) in [6.07, 6.45) is 2.30. The Bertz CT molecular complexity index is 755. The summed E-state index contributed by atoms with van der Waals surface area (Å²) in [5.74, 6) is 2.21. The van der Waals surface area contributed by atoms with Crippen molar-refractivity contribution < 1.29 is 23.7 Å². The topological polar surface area (TPSA) is 54.0 Å². The molecule has 0 saturated carbocycles. The second kappa shape index (κ2) is 6.31. The van der Waals surface area contributed by atoms with Crippen LogP contribution in [0.3, 0.4) is 0 Å². The number of benzene rings is 1. The van der Waals surface area contributed by atoms with Gasteiger partial charge in [0.05, 0.1) is 19.3 Å². The molecule has 1 aliphatic carbocycles. The summed E-state index contributed by atoms with van der Waals surface area (Å²) in [5, 5.41) is 0. The molecular weight excluding hydrogens is 332 g/mol. The third-order valence-corrected chi connectivity index (χ3v) is 6.52. The van der Waals surface area contributed by atoms with Gasteiger partial charge >= 0.3 is 5.97 Å². The van der Waals surface area contributed by atoms with Crippen molar-refractivity contribution in [3.8, 4) is 11.5 Å². The van der Waals surface area contributed by atoms with E-state index in [-0.39, 0.29) is 30.2 Å². The Morgan fingerprint density at radius 1 is 1.27 bits per heavy atom. The maximum Gasteiger partial charge on any atom is 0.302 e. The molecule has 0 amide bonds. The van der Waals surface area contributed by atoms with Crippen LogP contribution in [0.2, 0.25) is 0 Å². The van der Waals surface area contributed by atoms with Crippen molar-refractivity contribution in [3.05, 3.63) is 35.4 Å². The summed E-state index contributed by atoms with van der Waals surface area (Å²) < 4.78 is 22.8. The minimum Gasteiger partial charge on any atom is -0.465 e. The summed E-state index contributed by atoms with van der Waals surface area (Å²) in [7, 11) is 0. The van der Waals surface area contributed by atoms with E-state index in [1.54, 1.807) is 0 Å². The first kappa shape index (κ1) is 17.4. The zero-order chi connectivity index (χ0) is 18.5. The van der Waals surface area contributed by atoms with E-state index in [0.29, 0.717) is 25.0 Å². The van der Waals surface area contributed by atoms with E-state index in [0.717, 1.165) is 17.1 Å². The predicted octanol–water partition coefficient (Wildman–Crippen LogP) is 3.88. The van der Waals surface area contributed by atoms with Gasteiger partial charge in [-0.3, -0.25) is 4.79 Å². The van der Waals surface area contributed by atoms with Gasteiger partial charge in [-0.15, -0.1) is 0 Å². The SMILES string of the molecule is CC(=O)OC[C@@]12CO[C@H](c3ccc4c(c3)OCO4)[C@@H](C(C)=C[C@@H]1C)[C@H]2C. The van der Waals surface area contributed by atoms with E-state index in [9.17, 15) is 4.79 Å². The minimum absolute atomic E-state index is 0.0336. The molecule has 5 nitrogen and oxygen atoms in total. The Morgan fingerprint density at radius 2 is 2.04 bits per heavy atom. The highest BCUT2D eigenvalue weighted by molar-refractivity contribution is 5.66. The van der Waals surface area contributed by atoms with Crippen LogP contribution < -0.4 is 9.47 Å². The van der Waals surface area contributed by atoms with Crippen LogP contribution in [0.5, 0.6) is 11.5 Å². The molecule has 2 heterocycles. The number of carbonyl (C=O) groups excluding carboxylic acids is 1. The molecule has 5 heteroatoms. The van der Waals surface area contributed by atoms with Crippen molar-refractivity contribution in [2.45, 2.75) is 33.8 Å². The van der Waals surface area contributed by atoms with E-state index in [4.69, 9.17) is 18.9 Å². The molecule has 2 bridgehead atoms. The van der Waals surface area contributed by atoms with Gasteiger partial charge in [-0.1, -0.05) is 31.6 Å². The van der Waals surface area contributed by atoms with Crippen LogP contribution in [0.1, 0.15) is 39.4 Å². The fourth-order valence-corrected chi connectivity index (χ4v) is 4.88. The standard InChI is InChI=1S/C21H26O5/c1-12-7-13(2)21(9-23-15(4)22)10-24-20(19(12)14(21)3)16-5-6-17-18(8-16)26-11-25-17/h5-8,13-14,19-20H,9-11H2,1-4H3/t13-,14+,19-,20+,21+/m0/s1. The Hall–Kier alpha value is -2.01. The minimum atomic E-state index is -0.237. The van der Waals surface area contributed by atoms with Crippen LogP contribution in [0, 0.1) is 23.2 Å². The molecule has 0 N–H and O–H groups in total. The van der Waals surface area contributed by atoms with E-state index >= 15 is 0 Å². The third kappa shape index (κ3) is 2.60. The van der Waals surface area contributed by atoms with Crippen LogP contribution in [0.4, 0.5) is 0 Å². The van der Waals surface area contributed by atoms with Gasteiger partial charge in [-0.2, -0.15) is 0 Å². The molecule has 26 heavy (non-hydrogen) atoms. The Kier molecular flexibility index (Phi) is 4.22. The summed E-state index contributed by atoms with van der Waals surface area (Å²) in [4.78, 5) is 11.4. The van der Waals surface area contributed by atoms with Crippen LogP contribution >= 0.6 is 0 Å². The van der Waals surface area contributed by atoms with Crippen molar-refractivity contribution in [1.29, 1.82) is 0 Å². The van der Waals surface area contributed by atoms with Gasteiger partial charge in [0, 0.05) is 18.3 Å². The number of allylic oxidation sites excluding steroid dienone is 1. The normalized spacial score (nSPS) is 35.0. The summed E-state index contributed by atoms with van der Waals surface area (Å²) in [5.41, 5.74) is 2.27. The van der Waals surface area contributed by atoms with Gasteiger partial charge in [0.15, 0.2) is 11.5 Å². The first-order valence-corrected chi connectivity index (χ1v) is 9.25. The van der Waals surface area contributed by atoms with Gasteiger partial charge in [0.2, 0.25) is 6.79 Å². The van der Waals surface area contributed by atoms with Crippen LogP contribution in [-0.2, 0) is 14.3 Å². The largest absolute Gasteiger partial charge is 0.465 e. The third-order valence-electron chi connectivity index (χ3n) is 6.52. The lowest BCUT2D eigenvalue weighted by atomic mass is 9.56. The number of hydrogen-bond acceptors (Lipinski definition) is 5. The summed E-state index contributed by atoms with van der Waals surface area (Å²) >= 11 is 0. The average Bonchev–Trinajstić information content (AvgIpc) is 3.06. The highest BCUT2D eigenvalue weighted by Crippen LogP contribution is 2.56. The fourth-order valence-electron chi connectivity index (χ4n) is 4.88. The zero-order valence-corrected chi connectivity index (χ0v) is 15.8. The Labute approximate surface area is 154 Å². The second-order valence-electron chi connectivity index (χ2n) is 7.87. The molecule has 0 spiro atoms. The number of rotatable bonds is 3. The molecule has 1 fully saturated rings. The average molecular weight is 358 g/mol. The van der Waals surface area contributed by atoms with E-state index in [1.807, 2.05) is 12.1 Å². The number of ether oxygens (including phenoxy) is 4. The van der Waals surface area contributed by atoms with E-state index in [1.165, 1.54) is 12.5 Å². The summed E-state index contributed by atoms with van der Waals surface area (Å²) in [6, 6.07) is 6.05. The lowest BCUT2D eigenvalue weighted by Crippen LogP contribution is -2.54. The molecule has 0 aromatic heterocycles. The highest BCUT2D eigenvalue weighted by atomic mass is 16.7. The first-order chi connectivity index (χ1) is 12.4. The van der Waals surface area contributed by atoms with Crippen molar-refractivity contribution in [2.75, 3.05) is 20.0 Å². The lowest BCUT2D eigenvalue weighted by molar-refractivity contribution is -0.180. The molecule has 1 aromatic carbocycles. The first-order valence-electron chi connectivity index (χ1n) is 9.25. The number of esters is 1. The van der Waals surface area contributed by atoms with Crippen molar-refractivity contribution in [1.82, 2.24) is 0 Å². The van der Waals surface area contributed by atoms with Crippen LogP contribution in [-0.4, -0.2) is 26.0 Å². The van der Waals surface area contributed by atoms with E-state index < -0.39 is 0 Å². The molecule has 5 atom stereocenters. The van der Waals surface area contributed by atoms with Crippen LogP contribution in [0.15, 0.2) is 29.8 Å². The molecule has 4 rings (SSSR count). The lowest BCUT2D eigenvalue weighted by Gasteiger charge is -2.55. The Balaban J connectivity index is 1.67. The fraction of sp³-hybridized carbons (Fsp3) is 0.571. The molecule has 2 aliphatic heterocycles. The molecule has 1 aromatic rings. The monoisotopic (exact) mass is 358 g/mol. The molecule has 0 radical (unpaired) electrons. The molecule has 0 unspecified atom stereocenters. The Morgan fingerprint density at radius 3 is 2.81 bits per heavy atom. The number of fused-ring (bicyclic) bond motifs is 3. The van der Waals surface area contributed by atoms with Crippen molar-refractivity contribution in [3.63, 3.8) is 0 Å². The molecule has 1 saturated heterocycles. The molecule has 3 aliphatic rings. The molecular formula is C21H26O5. The smallest absolute Gasteiger partial charge is 0.302 e. The highest BCUT2D eigenvalue weighted by Gasteiger charge is 2.54.